The molecule has 0 aliphatic heterocycles. The zero-order valence-electron chi connectivity index (χ0n) is 9.05. The molecule has 1 aromatic rings. The lowest BCUT2D eigenvalue weighted by Gasteiger charge is -2.04. The number of sulfone groups is 1. The van der Waals surface area contributed by atoms with E-state index in [0.29, 0.717) is 5.56 Å². The number of esters is 1. The van der Waals surface area contributed by atoms with Gasteiger partial charge in [-0.3, -0.25) is 0 Å². The first kappa shape index (κ1) is 12.7. The van der Waals surface area contributed by atoms with E-state index >= 15 is 0 Å². The van der Waals surface area contributed by atoms with Gasteiger partial charge < -0.3 is 4.74 Å². The highest BCUT2D eigenvalue weighted by Crippen LogP contribution is 2.01. The molecule has 4 nitrogen and oxygen atoms in total. The Morgan fingerprint density at radius 1 is 1.25 bits per heavy atom. The van der Waals surface area contributed by atoms with Crippen molar-refractivity contribution >= 4 is 15.8 Å². The third kappa shape index (κ3) is 4.02. The van der Waals surface area contributed by atoms with Crippen molar-refractivity contribution in [1.29, 1.82) is 0 Å². The van der Waals surface area contributed by atoms with Crippen LogP contribution in [-0.2, 0) is 14.6 Å². The van der Waals surface area contributed by atoms with Crippen molar-refractivity contribution in [2.24, 2.45) is 0 Å². The van der Waals surface area contributed by atoms with Crippen LogP contribution in [0.5, 0.6) is 0 Å². The fraction of sp³-hybridized carbons (Fsp3) is 0.364. The number of benzene rings is 1. The summed E-state index contributed by atoms with van der Waals surface area (Å²) in [6.07, 6.45) is 0. The summed E-state index contributed by atoms with van der Waals surface area (Å²) in [5.41, 5.74) is 0.427. The van der Waals surface area contributed by atoms with Crippen LogP contribution in [0.1, 0.15) is 17.3 Å². The predicted molar refractivity (Wildman–Crippen MR) is 61.1 cm³/mol. The Hall–Kier alpha value is -1.36. The Morgan fingerprint density at radius 3 is 2.44 bits per heavy atom. The summed E-state index contributed by atoms with van der Waals surface area (Å²) in [5, 5.41) is 0. The van der Waals surface area contributed by atoms with Gasteiger partial charge in [0, 0.05) is 5.75 Å². The van der Waals surface area contributed by atoms with Crippen molar-refractivity contribution < 1.29 is 17.9 Å². The lowest BCUT2D eigenvalue weighted by atomic mass is 10.2. The zero-order chi connectivity index (χ0) is 12.0. The molecule has 0 saturated heterocycles. The van der Waals surface area contributed by atoms with E-state index in [9.17, 15) is 13.2 Å². The Bertz CT molecular complexity index is 436. The largest absolute Gasteiger partial charge is 0.461 e. The minimum absolute atomic E-state index is 0.0654. The SMILES string of the molecule is CCS(=O)(=O)CCOC(=O)c1ccccc1. The van der Waals surface area contributed by atoms with E-state index in [4.69, 9.17) is 4.74 Å². The third-order valence-electron chi connectivity index (χ3n) is 2.08. The van der Waals surface area contributed by atoms with Gasteiger partial charge >= 0.3 is 5.97 Å². The van der Waals surface area contributed by atoms with Crippen LogP contribution in [0.2, 0.25) is 0 Å². The molecule has 0 spiro atoms. The molecule has 0 atom stereocenters. The van der Waals surface area contributed by atoms with E-state index in [1.54, 1.807) is 37.3 Å². The first-order valence-corrected chi connectivity index (χ1v) is 6.80. The fourth-order valence-corrected chi connectivity index (χ4v) is 1.69. The molecule has 5 heteroatoms. The molecule has 0 aliphatic carbocycles. The van der Waals surface area contributed by atoms with Crippen molar-refractivity contribution in [3.8, 4) is 0 Å². The molecule has 0 N–H and O–H groups in total. The number of carbonyl (C=O) groups excluding carboxylic acids is 1. The number of rotatable bonds is 5. The quantitative estimate of drug-likeness (QED) is 0.730. The Balaban J connectivity index is 2.43. The van der Waals surface area contributed by atoms with Gasteiger partial charge in [0.2, 0.25) is 0 Å². The summed E-state index contributed by atoms with van der Waals surface area (Å²) in [6.45, 7) is 1.47. The topological polar surface area (TPSA) is 60.4 Å². The highest BCUT2D eigenvalue weighted by atomic mass is 32.2. The number of carbonyl (C=O) groups is 1. The van der Waals surface area contributed by atoms with Crippen LogP contribution in [0, 0.1) is 0 Å². The number of hydrogen-bond donors (Lipinski definition) is 0. The summed E-state index contributed by atoms with van der Waals surface area (Å²) in [4.78, 5) is 11.4. The lowest BCUT2D eigenvalue weighted by Crippen LogP contribution is -2.16. The van der Waals surface area contributed by atoms with Crippen molar-refractivity contribution in [2.75, 3.05) is 18.1 Å². The minimum atomic E-state index is -3.07. The molecule has 1 aromatic carbocycles. The highest BCUT2D eigenvalue weighted by molar-refractivity contribution is 7.91. The molecule has 0 amide bonds. The Morgan fingerprint density at radius 2 is 1.88 bits per heavy atom. The average molecular weight is 242 g/mol. The molecule has 16 heavy (non-hydrogen) atoms. The maximum atomic E-state index is 11.4. The Labute approximate surface area is 95.2 Å². The smallest absolute Gasteiger partial charge is 0.338 e. The average Bonchev–Trinajstić information content (AvgIpc) is 2.30. The van der Waals surface area contributed by atoms with Crippen molar-refractivity contribution in [3.05, 3.63) is 35.9 Å². The second kappa shape index (κ2) is 5.65. The fourth-order valence-electron chi connectivity index (χ4n) is 1.06. The molecule has 0 bridgehead atoms. The molecule has 0 aromatic heterocycles. The molecule has 0 saturated carbocycles. The first-order chi connectivity index (χ1) is 7.55. The van der Waals surface area contributed by atoms with E-state index in [0.717, 1.165) is 0 Å². The summed E-state index contributed by atoms with van der Waals surface area (Å²) < 4.78 is 27.1. The number of hydrogen-bond acceptors (Lipinski definition) is 4. The monoisotopic (exact) mass is 242 g/mol. The van der Waals surface area contributed by atoms with E-state index in [-0.39, 0.29) is 18.1 Å². The zero-order valence-corrected chi connectivity index (χ0v) is 9.87. The van der Waals surface area contributed by atoms with Crippen molar-refractivity contribution in [1.82, 2.24) is 0 Å². The van der Waals surface area contributed by atoms with Gasteiger partial charge in [-0.25, -0.2) is 13.2 Å². The normalized spacial score (nSPS) is 11.1. The molecule has 88 valence electrons. The molecule has 0 aliphatic rings. The lowest BCUT2D eigenvalue weighted by molar-refractivity contribution is 0.0529. The molecular weight excluding hydrogens is 228 g/mol. The summed E-state index contributed by atoms with van der Waals surface area (Å²) in [7, 11) is -3.07. The van der Waals surface area contributed by atoms with Crippen LogP contribution in [0.3, 0.4) is 0 Å². The second-order valence-corrected chi connectivity index (χ2v) is 5.71. The predicted octanol–water partition coefficient (Wildman–Crippen LogP) is 1.28. The molecule has 0 radical (unpaired) electrons. The van der Waals surface area contributed by atoms with Gasteiger partial charge in [-0.2, -0.15) is 0 Å². The van der Waals surface area contributed by atoms with Crippen LogP contribution < -0.4 is 0 Å². The Kier molecular flexibility index (Phi) is 4.49. The van der Waals surface area contributed by atoms with Crippen molar-refractivity contribution in [3.63, 3.8) is 0 Å². The van der Waals surface area contributed by atoms with Gasteiger partial charge in [0.15, 0.2) is 9.84 Å². The minimum Gasteiger partial charge on any atom is -0.461 e. The summed E-state index contributed by atoms with van der Waals surface area (Å²) in [6, 6.07) is 8.48. The highest BCUT2D eigenvalue weighted by Gasteiger charge is 2.10. The maximum absolute atomic E-state index is 11.4. The first-order valence-electron chi connectivity index (χ1n) is 4.98. The number of ether oxygens (including phenoxy) is 1. The maximum Gasteiger partial charge on any atom is 0.338 e. The van der Waals surface area contributed by atoms with Gasteiger partial charge in [-0.05, 0) is 12.1 Å². The second-order valence-electron chi connectivity index (χ2n) is 3.24. The van der Waals surface area contributed by atoms with Crippen LogP contribution in [0.15, 0.2) is 30.3 Å². The van der Waals surface area contributed by atoms with Crippen LogP contribution in [0.4, 0.5) is 0 Å². The van der Waals surface area contributed by atoms with Crippen LogP contribution in [-0.4, -0.2) is 32.5 Å². The van der Waals surface area contributed by atoms with E-state index in [1.807, 2.05) is 0 Å². The van der Waals surface area contributed by atoms with E-state index in [1.165, 1.54) is 0 Å². The van der Waals surface area contributed by atoms with Gasteiger partial charge in [0.05, 0.1) is 11.3 Å². The summed E-state index contributed by atoms with van der Waals surface area (Å²) in [5.74, 6) is -0.551. The third-order valence-corrected chi connectivity index (χ3v) is 3.75. The summed E-state index contributed by atoms with van der Waals surface area (Å²) >= 11 is 0. The molecule has 0 fully saturated rings. The molecule has 0 heterocycles. The van der Waals surface area contributed by atoms with Crippen LogP contribution >= 0.6 is 0 Å². The molecular formula is C11H14O4S. The van der Waals surface area contributed by atoms with Gasteiger partial charge in [0.25, 0.3) is 0 Å². The van der Waals surface area contributed by atoms with Gasteiger partial charge in [-0.1, -0.05) is 25.1 Å². The van der Waals surface area contributed by atoms with Gasteiger partial charge in [0.1, 0.15) is 6.61 Å². The molecule has 1 rings (SSSR count). The van der Waals surface area contributed by atoms with Crippen LogP contribution in [0.25, 0.3) is 0 Å². The molecule has 0 unspecified atom stereocenters. The van der Waals surface area contributed by atoms with E-state index < -0.39 is 15.8 Å². The van der Waals surface area contributed by atoms with E-state index in [2.05, 4.69) is 0 Å². The standard InChI is InChI=1S/C11H14O4S/c1-2-16(13,14)9-8-15-11(12)10-6-4-3-5-7-10/h3-7H,2,8-9H2,1H3. The van der Waals surface area contributed by atoms with Crippen molar-refractivity contribution in [2.45, 2.75) is 6.92 Å². The van der Waals surface area contributed by atoms with Gasteiger partial charge in [-0.15, -0.1) is 0 Å².